The summed E-state index contributed by atoms with van der Waals surface area (Å²) in [7, 11) is 0. The Labute approximate surface area is 117 Å². The first kappa shape index (κ1) is 15.3. The number of rotatable bonds is 5. The van der Waals surface area contributed by atoms with Gasteiger partial charge in [0.05, 0.1) is 12.5 Å². The SMILES string of the molecule is CC(O)CC(C)NC(=O)Cc1c(Cl)cccc1Cl. The fraction of sp³-hybridized carbons (Fsp3) is 0.462. The van der Waals surface area contributed by atoms with E-state index in [1.165, 1.54) is 0 Å². The van der Waals surface area contributed by atoms with E-state index in [1.54, 1.807) is 25.1 Å². The smallest absolute Gasteiger partial charge is 0.224 e. The van der Waals surface area contributed by atoms with Gasteiger partial charge in [0.1, 0.15) is 0 Å². The maximum absolute atomic E-state index is 11.8. The fourth-order valence-corrected chi connectivity index (χ4v) is 2.29. The van der Waals surface area contributed by atoms with Crippen LogP contribution in [0.4, 0.5) is 0 Å². The summed E-state index contributed by atoms with van der Waals surface area (Å²) < 4.78 is 0. The van der Waals surface area contributed by atoms with Crippen molar-refractivity contribution >= 4 is 29.1 Å². The second kappa shape index (κ2) is 6.98. The van der Waals surface area contributed by atoms with Gasteiger partial charge in [-0.2, -0.15) is 0 Å². The summed E-state index contributed by atoms with van der Waals surface area (Å²) in [5, 5.41) is 13.0. The molecule has 5 heteroatoms. The first-order valence-electron chi connectivity index (χ1n) is 5.80. The molecule has 0 radical (unpaired) electrons. The molecular weight excluding hydrogens is 273 g/mol. The van der Waals surface area contributed by atoms with Crippen molar-refractivity contribution in [3.8, 4) is 0 Å². The zero-order valence-corrected chi connectivity index (χ0v) is 11.9. The topological polar surface area (TPSA) is 49.3 Å². The summed E-state index contributed by atoms with van der Waals surface area (Å²) in [5.41, 5.74) is 0.627. The van der Waals surface area contributed by atoms with Crippen LogP contribution in [0.3, 0.4) is 0 Å². The van der Waals surface area contributed by atoms with Crippen LogP contribution in [-0.2, 0) is 11.2 Å². The van der Waals surface area contributed by atoms with Crippen LogP contribution in [-0.4, -0.2) is 23.2 Å². The molecule has 0 saturated heterocycles. The lowest BCUT2D eigenvalue weighted by molar-refractivity contribution is -0.121. The van der Waals surface area contributed by atoms with E-state index >= 15 is 0 Å². The molecule has 0 bridgehead atoms. The minimum absolute atomic E-state index is 0.0845. The molecule has 0 saturated carbocycles. The number of aliphatic hydroxyl groups is 1. The molecule has 1 aromatic rings. The molecule has 0 aliphatic rings. The molecule has 100 valence electrons. The van der Waals surface area contributed by atoms with Gasteiger partial charge >= 0.3 is 0 Å². The lowest BCUT2D eigenvalue weighted by Crippen LogP contribution is -2.35. The highest BCUT2D eigenvalue weighted by Crippen LogP contribution is 2.24. The van der Waals surface area contributed by atoms with Crippen LogP contribution in [0.15, 0.2) is 18.2 Å². The van der Waals surface area contributed by atoms with Crippen molar-refractivity contribution in [2.24, 2.45) is 0 Å². The molecule has 1 rings (SSSR count). The van der Waals surface area contributed by atoms with Gasteiger partial charge in [-0.1, -0.05) is 29.3 Å². The summed E-state index contributed by atoms with van der Waals surface area (Å²) in [6, 6.07) is 5.06. The molecule has 0 spiro atoms. The molecule has 2 N–H and O–H groups in total. The zero-order valence-electron chi connectivity index (χ0n) is 10.4. The number of carbonyl (C=O) groups is 1. The van der Waals surface area contributed by atoms with Crippen molar-refractivity contribution in [1.29, 1.82) is 0 Å². The monoisotopic (exact) mass is 289 g/mol. The number of halogens is 2. The van der Waals surface area contributed by atoms with Gasteiger partial charge in [0, 0.05) is 16.1 Å². The molecule has 2 unspecified atom stereocenters. The van der Waals surface area contributed by atoms with Crippen molar-refractivity contribution in [2.45, 2.75) is 38.8 Å². The van der Waals surface area contributed by atoms with Crippen molar-refractivity contribution in [2.75, 3.05) is 0 Å². The Morgan fingerprint density at radius 3 is 2.39 bits per heavy atom. The lowest BCUT2D eigenvalue weighted by atomic mass is 10.1. The summed E-state index contributed by atoms with van der Waals surface area (Å²) in [6.07, 6.45) is 0.217. The van der Waals surface area contributed by atoms with Crippen LogP contribution in [0.25, 0.3) is 0 Å². The Bertz CT molecular complexity index is 401. The third-order valence-electron chi connectivity index (χ3n) is 2.50. The normalized spacial score (nSPS) is 14.1. The van der Waals surface area contributed by atoms with E-state index in [2.05, 4.69) is 5.32 Å². The van der Waals surface area contributed by atoms with E-state index in [9.17, 15) is 9.90 Å². The standard InChI is InChI=1S/C13H17Cl2NO2/c1-8(6-9(2)17)16-13(18)7-10-11(14)4-3-5-12(10)15/h3-5,8-9,17H,6-7H2,1-2H3,(H,16,18). The molecule has 1 amide bonds. The summed E-state index contributed by atoms with van der Waals surface area (Å²) in [5.74, 6) is -0.154. The Hall–Kier alpha value is -0.770. The van der Waals surface area contributed by atoms with Crippen LogP contribution in [0, 0.1) is 0 Å². The van der Waals surface area contributed by atoms with Gasteiger partial charge in [-0.05, 0) is 38.0 Å². The zero-order chi connectivity index (χ0) is 13.7. The van der Waals surface area contributed by atoms with Crippen LogP contribution < -0.4 is 5.32 Å². The van der Waals surface area contributed by atoms with Gasteiger partial charge in [-0.25, -0.2) is 0 Å². The van der Waals surface area contributed by atoms with Gasteiger partial charge in [0.2, 0.25) is 5.91 Å². The highest BCUT2D eigenvalue weighted by molar-refractivity contribution is 6.36. The molecule has 0 aliphatic carbocycles. The van der Waals surface area contributed by atoms with E-state index in [0.717, 1.165) is 0 Å². The van der Waals surface area contributed by atoms with Crippen molar-refractivity contribution in [1.82, 2.24) is 5.32 Å². The molecule has 18 heavy (non-hydrogen) atoms. The van der Waals surface area contributed by atoms with Crippen molar-refractivity contribution < 1.29 is 9.90 Å². The first-order chi connectivity index (χ1) is 8.40. The Kier molecular flexibility index (Phi) is 5.93. The van der Waals surface area contributed by atoms with Crippen molar-refractivity contribution in [3.05, 3.63) is 33.8 Å². The maximum atomic E-state index is 11.8. The molecule has 3 nitrogen and oxygen atoms in total. The van der Waals surface area contributed by atoms with Crippen LogP contribution in [0.1, 0.15) is 25.8 Å². The average Bonchev–Trinajstić information content (AvgIpc) is 2.22. The third kappa shape index (κ3) is 4.84. The van der Waals surface area contributed by atoms with Crippen LogP contribution in [0.2, 0.25) is 10.0 Å². The predicted octanol–water partition coefficient (Wildman–Crippen LogP) is 2.81. The van der Waals surface area contributed by atoms with E-state index in [0.29, 0.717) is 22.0 Å². The summed E-state index contributed by atoms with van der Waals surface area (Å²) in [6.45, 7) is 3.53. The molecule has 0 fully saturated rings. The fourth-order valence-electron chi connectivity index (χ4n) is 1.76. The van der Waals surface area contributed by atoms with E-state index in [1.807, 2.05) is 6.92 Å². The molecule has 0 heterocycles. The number of hydrogen-bond donors (Lipinski definition) is 2. The second-order valence-electron chi connectivity index (χ2n) is 4.43. The number of hydrogen-bond acceptors (Lipinski definition) is 2. The number of benzene rings is 1. The number of nitrogens with one attached hydrogen (secondary N) is 1. The molecule has 0 aromatic heterocycles. The number of carbonyl (C=O) groups excluding carboxylic acids is 1. The van der Waals surface area contributed by atoms with Gasteiger partial charge in [-0.3, -0.25) is 4.79 Å². The van der Waals surface area contributed by atoms with E-state index in [-0.39, 0.29) is 18.4 Å². The van der Waals surface area contributed by atoms with Gasteiger partial charge in [0.15, 0.2) is 0 Å². The Morgan fingerprint density at radius 2 is 1.89 bits per heavy atom. The van der Waals surface area contributed by atoms with E-state index < -0.39 is 6.10 Å². The molecule has 0 aliphatic heterocycles. The largest absolute Gasteiger partial charge is 0.393 e. The van der Waals surface area contributed by atoms with E-state index in [4.69, 9.17) is 23.2 Å². The van der Waals surface area contributed by atoms with Crippen molar-refractivity contribution in [3.63, 3.8) is 0 Å². The summed E-state index contributed by atoms with van der Waals surface area (Å²) >= 11 is 12.0. The molecule has 1 aromatic carbocycles. The molecular formula is C13H17Cl2NO2. The van der Waals surface area contributed by atoms with Gasteiger partial charge in [-0.15, -0.1) is 0 Å². The second-order valence-corrected chi connectivity index (χ2v) is 5.24. The minimum atomic E-state index is -0.441. The lowest BCUT2D eigenvalue weighted by Gasteiger charge is -2.16. The summed E-state index contributed by atoms with van der Waals surface area (Å²) in [4.78, 5) is 11.8. The predicted molar refractivity (Wildman–Crippen MR) is 74.1 cm³/mol. The van der Waals surface area contributed by atoms with Gasteiger partial charge < -0.3 is 10.4 Å². The average molecular weight is 290 g/mol. The van der Waals surface area contributed by atoms with Crippen LogP contribution >= 0.6 is 23.2 Å². The molecule has 2 atom stereocenters. The van der Waals surface area contributed by atoms with Crippen LogP contribution in [0.5, 0.6) is 0 Å². The number of amides is 1. The quantitative estimate of drug-likeness (QED) is 0.876. The number of aliphatic hydroxyl groups excluding tert-OH is 1. The highest BCUT2D eigenvalue weighted by Gasteiger charge is 2.13. The maximum Gasteiger partial charge on any atom is 0.224 e. The third-order valence-corrected chi connectivity index (χ3v) is 3.21. The first-order valence-corrected chi connectivity index (χ1v) is 6.56. The Balaban J connectivity index is 2.60. The minimum Gasteiger partial charge on any atom is -0.393 e. The van der Waals surface area contributed by atoms with Gasteiger partial charge in [0.25, 0.3) is 0 Å². The Morgan fingerprint density at radius 1 is 1.33 bits per heavy atom. The highest BCUT2D eigenvalue weighted by atomic mass is 35.5.